The Kier molecular flexibility index (Phi) is 4.53. The number of nitrogens with one attached hydrogen (secondary N) is 1. The van der Waals surface area contributed by atoms with Crippen molar-refractivity contribution >= 4 is 22.6 Å². The van der Waals surface area contributed by atoms with Gasteiger partial charge < -0.3 is 10.2 Å². The highest BCUT2D eigenvalue weighted by Crippen LogP contribution is 2.24. The van der Waals surface area contributed by atoms with E-state index in [1.807, 2.05) is 20.8 Å². The van der Waals surface area contributed by atoms with Gasteiger partial charge in [0.1, 0.15) is 12.1 Å². The Morgan fingerprint density at radius 2 is 1.89 bits per heavy atom. The fourth-order valence-corrected chi connectivity index (χ4v) is 2.39. The van der Waals surface area contributed by atoms with Crippen molar-refractivity contribution in [3.05, 3.63) is 0 Å². The zero-order valence-electron chi connectivity index (χ0n) is 11.6. The van der Waals surface area contributed by atoms with Crippen molar-refractivity contribution < 1.29 is 13.8 Å². The SMILES string of the molecule is CC1C(=O)NC(C(C)(C)C)C(=O)N1CCS(C)=O. The summed E-state index contributed by atoms with van der Waals surface area (Å²) in [5.41, 5.74) is -0.323. The van der Waals surface area contributed by atoms with Gasteiger partial charge in [-0.2, -0.15) is 0 Å². The van der Waals surface area contributed by atoms with Crippen molar-refractivity contribution in [2.24, 2.45) is 5.41 Å². The summed E-state index contributed by atoms with van der Waals surface area (Å²) in [5.74, 6) is 0.177. The molecule has 1 aliphatic rings. The first-order valence-corrected chi connectivity index (χ1v) is 7.78. The molecular formula is C12H22N2O3S. The highest BCUT2D eigenvalue weighted by Gasteiger charge is 2.43. The second kappa shape index (κ2) is 5.38. The standard InChI is InChI=1S/C12H22N2O3S/c1-8-10(15)13-9(12(2,3)4)11(16)14(8)6-7-18(5)17/h8-9H,6-7H2,1-5H3,(H,13,15). The van der Waals surface area contributed by atoms with E-state index < -0.39 is 22.9 Å². The molecule has 0 aromatic rings. The van der Waals surface area contributed by atoms with E-state index in [4.69, 9.17) is 0 Å². The van der Waals surface area contributed by atoms with Gasteiger partial charge in [0.15, 0.2) is 0 Å². The number of rotatable bonds is 3. The normalized spacial score (nSPS) is 27.1. The van der Waals surface area contributed by atoms with Gasteiger partial charge in [0.2, 0.25) is 11.8 Å². The van der Waals surface area contributed by atoms with Crippen LogP contribution in [0.1, 0.15) is 27.7 Å². The maximum absolute atomic E-state index is 12.4. The van der Waals surface area contributed by atoms with E-state index in [-0.39, 0.29) is 17.2 Å². The molecule has 2 amide bonds. The van der Waals surface area contributed by atoms with E-state index in [9.17, 15) is 13.8 Å². The predicted molar refractivity (Wildman–Crippen MR) is 71.5 cm³/mol. The van der Waals surface area contributed by atoms with Crippen molar-refractivity contribution in [3.8, 4) is 0 Å². The van der Waals surface area contributed by atoms with Crippen molar-refractivity contribution in [1.29, 1.82) is 0 Å². The van der Waals surface area contributed by atoms with E-state index in [0.717, 1.165) is 0 Å². The van der Waals surface area contributed by atoms with Gasteiger partial charge in [0, 0.05) is 29.4 Å². The van der Waals surface area contributed by atoms with E-state index >= 15 is 0 Å². The lowest BCUT2D eigenvalue weighted by atomic mass is 9.84. The molecule has 0 aromatic carbocycles. The first-order chi connectivity index (χ1) is 8.14. The van der Waals surface area contributed by atoms with Crippen molar-refractivity contribution in [2.45, 2.75) is 39.8 Å². The summed E-state index contributed by atoms with van der Waals surface area (Å²) in [6.07, 6.45) is 1.60. The molecule has 1 fully saturated rings. The predicted octanol–water partition coefficient (Wildman–Crippen LogP) is 0.127. The van der Waals surface area contributed by atoms with Crippen LogP contribution in [0.2, 0.25) is 0 Å². The van der Waals surface area contributed by atoms with Crippen LogP contribution in [0.3, 0.4) is 0 Å². The van der Waals surface area contributed by atoms with E-state index in [1.54, 1.807) is 13.2 Å². The lowest BCUT2D eigenvalue weighted by Crippen LogP contribution is -2.66. The second-order valence-corrected chi connectivity index (χ2v) is 7.35. The molecule has 3 unspecified atom stereocenters. The summed E-state index contributed by atoms with van der Waals surface area (Å²) in [7, 11) is -0.966. The van der Waals surface area contributed by atoms with E-state index in [1.165, 1.54) is 4.90 Å². The molecule has 0 aromatic heterocycles. The largest absolute Gasteiger partial charge is 0.342 e. The zero-order chi connectivity index (χ0) is 14.1. The third kappa shape index (κ3) is 3.31. The Morgan fingerprint density at radius 1 is 1.33 bits per heavy atom. The lowest BCUT2D eigenvalue weighted by molar-refractivity contribution is -0.151. The average Bonchev–Trinajstić information content (AvgIpc) is 2.21. The highest BCUT2D eigenvalue weighted by molar-refractivity contribution is 7.84. The first-order valence-electron chi connectivity index (χ1n) is 6.05. The maximum Gasteiger partial charge on any atom is 0.246 e. The molecule has 0 bridgehead atoms. The van der Waals surface area contributed by atoms with Crippen molar-refractivity contribution in [2.75, 3.05) is 18.6 Å². The Balaban J connectivity index is 2.89. The summed E-state index contributed by atoms with van der Waals surface area (Å²) < 4.78 is 11.1. The number of carbonyl (C=O) groups is 2. The van der Waals surface area contributed by atoms with E-state index in [2.05, 4.69) is 5.32 Å². The van der Waals surface area contributed by atoms with Crippen LogP contribution in [0.5, 0.6) is 0 Å². The molecule has 0 spiro atoms. The topological polar surface area (TPSA) is 66.5 Å². The number of piperazine rings is 1. The third-order valence-corrected chi connectivity index (χ3v) is 3.91. The van der Waals surface area contributed by atoms with Gasteiger partial charge >= 0.3 is 0 Å². The fraction of sp³-hybridized carbons (Fsp3) is 0.833. The minimum atomic E-state index is -0.966. The van der Waals surface area contributed by atoms with Crippen LogP contribution in [0.4, 0.5) is 0 Å². The van der Waals surface area contributed by atoms with Crippen LogP contribution in [-0.2, 0) is 20.4 Å². The van der Waals surface area contributed by atoms with Crippen LogP contribution in [0.15, 0.2) is 0 Å². The van der Waals surface area contributed by atoms with Gasteiger partial charge in [-0.1, -0.05) is 20.8 Å². The maximum atomic E-state index is 12.4. The number of carbonyl (C=O) groups excluding carboxylic acids is 2. The minimum Gasteiger partial charge on any atom is -0.342 e. The van der Waals surface area contributed by atoms with Crippen LogP contribution in [0.25, 0.3) is 0 Å². The number of amides is 2. The van der Waals surface area contributed by atoms with Gasteiger partial charge in [0.25, 0.3) is 0 Å². The summed E-state index contributed by atoms with van der Waals surface area (Å²) in [6.45, 7) is 7.82. The molecule has 1 rings (SSSR count). The third-order valence-electron chi connectivity index (χ3n) is 3.15. The molecule has 1 heterocycles. The Morgan fingerprint density at radius 3 is 2.33 bits per heavy atom. The molecule has 0 aliphatic carbocycles. The summed E-state index contributed by atoms with van der Waals surface area (Å²) >= 11 is 0. The Labute approximate surface area is 111 Å². The van der Waals surface area contributed by atoms with Crippen LogP contribution < -0.4 is 5.32 Å². The molecule has 1 N–H and O–H groups in total. The van der Waals surface area contributed by atoms with Gasteiger partial charge in [-0.15, -0.1) is 0 Å². The Hall–Kier alpha value is -0.910. The molecule has 0 saturated carbocycles. The molecule has 0 radical (unpaired) electrons. The number of hydrogen-bond acceptors (Lipinski definition) is 3. The van der Waals surface area contributed by atoms with Crippen LogP contribution >= 0.6 is 0 Å². The lowest BCUT2D eigenvalue weighted by Gasteiger charge is -2.42. The van der Waals surface area contributed by atoms with Gasteiger partial charge in [-0.05, 0) is 12.3 Å². The molecule has 1 aliphatic heterocycles. The molecule has 1 saturated heterocycles. The Bertz CT molecular complexity index is 376. The summed E-state index contributed by atoms with van der Waals surface area (Å²) in [4.78, 5) is 25.8. The van der Waals surface area contributed by atoms with Crippen molar-refractivity contribution in [3.63, 3.8) is 0 Å². The van der Waals surface area contributed by atoms with Gasteiger partial charge in [0.05, 0.1) is 0 Å². The number of nitrogens with zero attached hydrogens (tertiary/aromatic N) is 1. The van der Waals surface area contributed by atoms with Crippen LogP contribution in [0, 0.1) is 5.41 Å². The monoisotopic (exact) mass is 274 g/mol. The molecule has 6 heteroatoms. The van der Waals surface area contributed by atoms with E-state index in [0.29, 0.717) is 12.3 Å². The fourth-order valence-electron chi connectivity index (χ4n) is 1.94. The van der Waals surface area contributed by atoms with Crippen LogP contribution in [-0.4, -0.2) is 51.6 Å². The van der Waals surface area contributed by atoms with Gasteiger partial charge in [-0.25, -0.2) is 0 Å². The summed E-state index contributed by atoms with van der Waals surface area (Å²) in [6, 6.07) is -0.994. The smallest absolute Gasteiger partial charge is 0.246 e. The second-order valence-electron chi connectivity index (χ2n) is 5.79. The first kappa shape index (κ1) is 15.1. The van der Waals surface area contributed by atoms with Gasteiger partial charge in [-0.3, -0.25) is 13.8 Å². The molecule has 3 atom stereocenters. The highest BCUT2D eigenvalue weighted by atomic mass is 32.2. The molecule has 5 nitrogen and oxygen atoms in total. The average molecular weight is 274 g/mol. The quantitative estimate of drug-likeness (QED) is 0.795. The molecule has 104 valence electrons. The molecular weight excluding hydrogens is 252 g/mol. The number of hydrogen-bond donors (Lipinski definition) is 1. The minimum absolute atomic E-state index is 0.0833. The molecule has 18 heavy (non-hydrogen) atoms. The van der Waals surface area contributed by atoms with Crippen molar-refractivity contribution in [1.82, 2.24) is 10.2 Å². The zero-order valence-corrected chi connectivity index (χ0v) is 12.5. The summed E-state index contributed by atoms with van der Waals surface area (Å²) in [5, 5.41) is 2.77.